The summed E-state index contributed by atoms with van der Waals surface area (Å²) in [6.45, 7) is 0. The highest BCUT2D eigenvalue weighted by molar-refractivity contribution is 6.42. The van der Waals surface area contributed by atoms with Crippen molar-refractivity contribution < 1.29 is 4.79 Å². The monoisotopic (exact) mass is 312 g/mol. The van der Waals surface area contributed by atoms with Crippen LogP contribution in [-0.2, 0) is 11.2 Å². The van der Waals surface area contributed by atoms with E-state index in [1.807, 2.05) is 6.07 Å². The molecule has 2 heterocycles. The third-order valence-corrected chi connectivity index (χ3v) is 5.14. The Labute approximate surface area is 129 Å². The lowest BCUT2D eigenvalue weighted by Gasteiger charge is -2.37. The van der Waals surface area contributed by atoms with Gasteiger partial charge in [0, 0.05) is 18.1 Å². The Morgan fingerprint density at radius 3 is 2.45 bits per heavy atom. The molecule has 1 amide bonds. The van der Waals surface area contributed by atoms with E-state index in [9.17, 15) is 4.79 Å². The zero-order valence-corrected chi connectivity index (χ0v) is 12.7. The highest BCUT2D eigenvalue weighted by Gasteiger charge is 2.41. The average Bonchev–Trinajstić information content (AvgIpc) is 2.66. The summed E-state index contributed by atoms with van der Waals surface area (Å²) in [6, 6.07) is 6.30. The molecular formula is C15H18Cl2N2O. The van der Waals surface area contributed by atoms with Gasteiger partial charge in [-0.3, -0.25) is 4.79 Å². The van der Waals surface area contributed by atoms with E-state index in [0.29, 0.717) is 28.5 Å². The van der Waals surface area contributed by atoms with Crippen LogP contribution in [0.25, 0.3) is 0 Å². The van der Waals surface area contributed by atoms with E-state index in [1.165, 1.54) is 0 Å². The number of nitrogens with two attached hydrogens (primary N) is 1. The molecule has 1 aromatic rings. The molecule has 0 radical (unpaired) electrons. The van der Waals surface area contributed by atoms with Crippen molar-refractivity contribution in [3.05, 3.63) is 33.8 Å². The van der Waals surface area contributed by atoms with Gasteiger partial charge in [0.25, 0.3) is 0 Å². The fourth-order valence-corrected chi connectivity index (χ4v) is 3.86. The quantitative estimate of drug-likeness (QED) is 0.912. The van der Waals surface area contributed by atoms with E-state index in [4.69, 9.17) is 28.9 Å². The molecule has 3 rings (SSSR count). The minimum absolute atomic E-state index is 0.183. The van der Waals surface area contributed by atoms with Crippen LogP contribution in [0, 0.1) is 0 Å². The summed E-state index contributed by atoms with van der Waals surface area (Å²) in [5.41, 5.74) is 6.95. The van der Waals surface area contributed by atoms with Gasteiger partial charge in [-0.1, -0.05) is 29.3 Å². The normalized spacial score (nSPS) is 28.8. The molecule has 2 bridgehead atoms. The van der Waals surface area contributed by atoms with Crippen LogP contribution >= 0.6 is 23.2 Å². The van der Waals surface area contributed by atoms with Gasteiger partial charge in [0.2, 0.25) is 5.91 Å². The zero-order valence-electron chi connectivity index (χ0n) is 11.2. The maximum atomic E-state index is 12.5. The molecule has 2 fully saturated rings. The minimum Gasteiger partial charge on any atom is -0.336 e. The van der Waals surface area contributed by atoms with Gasteiger partial charge < -0.3 is 10.6 Å². The number of hydrogen-bond acceptors (Lipinski definition) is 2. The second-order valence-electron chi connectivity index (χ2n) is 5.84. The molecule has 5 heteroatoms. The Balaban J connectivity index is 1.72. The van der Waals surface area contributed by atoms with E-state index in [2.05, 4.69) is 4.90 Å². The number of halogens is 2. The molecule has 1 aromatic carbocycles. The van der Waals surface area contributed by atoms with Crippen LogP contribution in [-0.4, -0.2) is 28.9 Å². The third-order valence-electron chi connectivity index (χ3n) is 4.40. The van der Waals surface area contributed by atoms with Crippen LogP contribution in [0.5, 0.6) is 0 Å². The Kier molecular flexibility index (Phi) is 3.93. The molecule has 20 heavy (non-hydrogen) atoms. The summed E-state index contributed by atoms with van der Waals surface area (Å²) in [5, 5.41) is 1.02. The van der Waals surface area contributed by atoms with Crippen LogP contribution in [0.3, 0.4) is 0 Å². The fourth-order valence-electron chi connectivity index (χ4n) is 3.54. The van der Waals surface area contributed by atoms with Gasteiger partial charge in [0.05, 0.1) is 16.5 Å². The number of piperidine rings is 1. The molecule has 0 aromatic heterocycles. The summed E-state index contributed by atoms with van der Waals surface area (Å²) in [5.74, 6) is 0.183. The number of benzene rings is 1. The predicted octanol–water partition coefficient (Wildman–Crippen LogP) is 3.02. The first kappa shape index (κ1) is 14.2. The number of nitrogens with zero attached hydrogens (tertiary/aromatic N) is 1. The molecule has 2 aliphatic rings. The summed E-state index contributed by atoms with van der Waals surface area (Å²) >= 11 is 11.9. The van der Waals surface area contributed by atoms with Crippen molar-refractivity contribution >= 4 is 29.1 Å². The van der Waals surface area contributed by atoms with Gasteiger partial charge >= 0.3 is 0 Å². The van der Waals surface area contributed by atoms with Crippen molar-refractivity contribution in [3.8, 4) is 0 Å². The Hall–Kier alpha value is -0.770. The molecule has 2 aliphatic heterocycles. The lowest BCUT2D eigenvalue weighted by Crippen LogP contribution is -2.50. The third kappa shape index (κ3) is 2.67. The van der Waals surface area contributed by atoms with Gasteiger partial charge in [0.1, 0.15) is 0 Å². The lowest BCUT2D eigenvalue weighted by molar-refractivity contribution is -0.135. The van der Waals surface area contributed by atoms with E-state index < -0.39 is 0 Å². The number of carbonyl (C=O) groups excluding carboxylic acids is 1. The maximum absolute atomic E-state index is 12.5. The molecular weight excluding hydrogens is 295 g/mol. The molecule has 2 atom stereocenters. The van der Waals surface area contributed by atoms with Gasteiger partial charge in [-0.05, 0) is 43.4 Å². The van der Waals surface area contributed by atoms with Gasteiger partial charge in [-0.15, -0.1) is 0 Å². The first-order chi connectivity index (χ1) is 9.54. The number of amides is 1. The van der Waals surface area contributed by atoms with Crippen molar-refractivity contribution in [2.24, 2.45) is 5.73 Å². The van der Waals surface area contributed by atoms with Crippen molar-refractivity contribution in [2.75, 3.05) is 0 Å². The van der Waals surface area contributed by atoms with Crippen LogP contribution in [0.1, 0.15) is 31.2 Å². The fraction of sp³-hybridized carbons (Fsp3) is 0.533. The Morgan fingerprint density at radius 1 is 1.20 bits per heavy atom. The molecule has 2 unspecified atom stereocenters. The van der Waals surface area contributed by atoms with Gasteiger partial charge in [0.15, 0.2) is 0 Å². The van der Waals surface area contributed by atoms with Crippen LogP contribution in [0.4, 0.5) is 0 Å². The van der Waals surface area contributed by atoms with E-state index in [0.717, 1.165) is 31.2 Å². The van der Waals surface area contributed by atoms with Crippen LogP contribution < -0.4 is 5.73 Å². The van der Waals surface area contributed by atoms with Crippen molar-refractivity contribution in [1.82, 2.24) is 4.90 Å². The average molecular weight is 313 g/mol. The van der Waals surface area contributed by atoms with E-state index in [1.54, 1.807) is 12.1 Å². The predicted molar refractivity (Wildman–Crippen MR) is 81.0 cm³/mol. The smallest absolute Gasteiger partial charge is 0.227 e. The topological polar surface area (TPSA) is 46.3 Å². The molecule has 3 nitrogen and oxygen atoms in total. The first-order valence-electron chi connectivity index (χ1n) is 7.05. The Bertz CT molecular complexity index is 521. The number of rotatable bonds is 2. The molecule has 0 spiro atoms. The molecule has 2 saturated heterocycles. The van der Waals surface area contributed by atoms with E-state index >= 15 is 0 Å². The molecule has 108 valence electrons. The largest absolute Gasteiger partial charge is 0.336 e. The summed E-state index contributed by atoms with van der Waals surface area (Å²) < 4.78 is 0. The second kappa shape index (κ2) is 5.55. The standard InChI is InChI=1S/C15H18Cl2N2O/c16-13-4-1-9(5-14(13)17)6-15(20)19-11-2-3-12(19)8-10(18)7-11/h1,4-5,10-12H,2-3,6-8,18H2. The second-order valence-corrected chi connectivity index (χ2v) is 6.66. The Morgan fingerprint density at radius 2 is 1.85 bits per heavy atom. The van der Waals surface area contributed by atoms with Crippen molar-refractivity contribution in [3.63, 3.8) is 0 Å². The van der Waals surface area contributed by atoms with Gasteiger partial charge in [-0.25, -0.2) is 0 Å². The zero-order chi connectivity index (χ0) is 14.3. The van der Waals surface area contributed by atoms with Crippen molar-refractivity contribution in [2.45, 2.75) is 50.2 Å². The summed E-state index contributed by atoms with van der Waals surface area (Å²) in [6.07, 6.45) is 4.43. The highest BCUT2D eigenvalue weighted by atomic mass is 35.5. The summed E-state index contributed by atoms with van der Waals surface area (Å²) in [7, 11) is 0. The SMILES string of the molecule is NC1CC2CCC(C1)N2C(=O)Cc1ccc(Cl)c(Cl)c1. The minimum atomic E-state index is 0.183. The van der Waals surface area contributed by atoms with Crippen molar-refractivity contribution in [1.29, 1.82) is 0 Å². The molecule has 0 aliphatic carbocycles. The van der Waals surface area contributed by atoms with Crippen LogP contribution in [0.2, 0.25) is 10.0 Å². The summed E-state index contributed by atoms with van der Waals surface area (Å²) in [4.78, 5) is 14.6. The maximum Gasteiger partial charge on any atom is 0.227 e. The van der Waals surface area contributed by atoms with E-state index in [-0.39, 0.29) is 11.9 Å². The number of carbonyl (C=O) groups is 1. The first-order valence-corrected chi connectivity index (χ1v) is 7.81. The van der Waals surface area contributed by atoms with Crippen LogP contribution in [0.15, 0.2) is 18.2 Å². The number of hydrogen-bond donors (Lipinski definition) is 1. The lowest BCUT2D eigenvalue weighted by atomic mass is 9.97. The highest BCUT2D eigenvalue weighted by Crippen LogP contribution is 2.35. The number of fused-ring (bicyclic) bond motifs is 2. The molecule has 0 saturated carbocycles. The van der Waals surface area contributed by atoms with Gasteiger partial charge in [-0.2, -0.15) is 0 Å². The molecule has 2 N–H and O–H groups in total.